The summed E-state index contributed by atoms with van der Waals surface area (Å²) in [5.74, 6) is 0.757. The van der Waals surface area contributed by atoms with Gasteiger partial charge < -0.3 is 15.0 Å². The quantitative estimate of drug-likeness (QED) is 0.663. The predicted molar refractivity (Wildman–Crippen MR) is 122 cm³/mol. The smallest absolute Gasteiger partial charge is 0.227 e. The number of ether oxygens (including phenoxy) is 1. The highest BCUT2D eigenvalue weighted by Gasteiger charge is 2.27. The summed E-state index contributed by atoms with van der Waals surface area (Å²) in [6, 6.07) is 16.0. The molecular formula is C25H26N4O2. The van der Waals surface area contributed by atoms with E-state index in [9.17, 15) is 10.1 Å². The van der Waals surface area contributed by atoms with E-state index in [-0.39, 0.29) is 11.8 Å². The fourth-order valence-corrected chi connectivity index (χ4v) is 4.14. The molecule has 6 heteroatoms. The molecule has 6 nitrogen and oxygen atoms in total. The molecule has 0 saturated carbocycles. The summed E-state index contributed by atoms with van der Waals surface area (Å²) in [5, 5.41) is 13.6. The molecule has 0 bridgehead atoms. The molecule has 1 aliphatic rings. The first-order valence-electron chi connectivity index (χ1n) is 10.6. The van der Waals surface area contributed by atoms with E-state index in [0.29, 0.717) is 18.7 Å². The third-order valence-corrected chi connectivity index (χ3v) is 5.98. The van der Waals surface area contributed by atoms with Gasteiger partial charge in [0.25, 0.3) is 0 Å². The van der Waals surface area contributed by atoms with Crippen LogP contribution in [0.4, 0.5) is 11.4 Å². The van der Waals surface area contributed by atoms with Gasteiger partial charge in [-0.25, -0.2) is 0 Å². The Morgan fingerprint density at radius 3 is 2.61 bits per heavy atom. The zero-order valence-electron chi connectivity index (χ0n) is 17.9. The number of hydrogen-bond donors (Lipinski definition) is 1. The molecule has 158 valence electrons. The molecular weight excluding hydrogens is 388 g/mol. The van der Waals surface area contributed by atoms with Crippen LogP contribution in [-0.4, -0.2) is 31.1 Å². The molecule has 1 N–H and O–H groups in total. The summed E-state index contributed by atoms with van der Waals surface area (Å²) in [4.78, 5) is 19.4. The average Bonchev–Trinajstić information content (AvgIpc) is 2.83. The molecule has 0 radical (unpaired) electrons. The summed E-state index contributed by atoms with van der Waals surface area (Å²) in [6.45, 7) is 3.54. The molecule has 1 aromatic heterocycles. The van der Waals surface area contributed by atoms with Crippen molar-refractivity contribution in [2.75, 3.05) is 30.4 Å². The highest BCUT2D eigenvalue weighted by atomic mass is 16.5. The average molecular weight is 415 g/mol. The number of nitrogens with zero attached hydrogens (tertiary/aromatic N) is 3. The maximum atomic E-state index is 12.8. The van der Waals surface area contributed by atoms with Gasteiger partial charge in [0.1, 0.15) is 11.8 Å². The third-order valence-electron chi connectivity index (χ3n) is 5.98. The van der Waals surface area contributed by atoms with Crippen LogP contribution in [0.2, 0.25) is 0 Å². The Hall–Kier alpha value is -3.59. The lowest BCUT2D eigenvalue weighted by molar-refractivity contribution is -0.120. The largest absolute Gasteiger partial charge is 0.497 e. The molecule has 1 amide bonds. The molecule has 1 aliphatic heterocycles. The Bertz CT molecular complexity index is 1130. The lowest BCUT2D eigenvalue weighted by Crippen LogP contribution is -2.38. The number of benzene rings is 2. The van der Waals surface area contributed by atoms with Crippen molar-refractivity contribution in [1.29, 1.82) is 5.26 Å². The van der Waals surface area contributed by atoms with Crippen LogP contribution in [0.5, 0.6) is 5.75 Å². The van der Waals surface area contributed by atoms with Gasteiger partial charge in [0, 0.05) is 42.3 Å². The fourth-order valence-electron chi connectivity index (χ4n) is 4.14. The van der Waals surface area contributed by atoms with Crippen LogP contribution < -0.4 is 15.0 Å². The van der Waals surface area contributed by atoms with Crippen molar-refractivity contribution in [3.8, 4) is 11.8 Å². The Morgan fingerprint density at radius 2 is 1.97 bits per heavy atom. The van der Waals surface area contributed by atoms with Gasteiger partial charge in [-0.05, 0) is 49.1 Å². The highest BCUT2D eigenvalue weighted by molar-refractivity contribution is 5.96. The topological polar surface area (TPSA) is 78.3 Å². The molecule has 0 aliphatic carbocycles. The number of carbonyl (C=O) groups is 1. The van der Waals surface area contributed by atoms with Crippen LogP contribution >= 0.6 is 0 Å². The van der Waals surface area contributed by atoms with Crippen molar-refractivity contribution in [2.45, 2.75) is 26.2 Å². The second-order valence-electron chi connectivity index (χ2n) is 7.82. The van der Waals surface area contributed by atoms with Crippen molar-refractivity contribution >= 4 is 28.2 Å². The van der Waals surface area contributed by atoms with E-state index < -0.39 is 0 Å². The molecule has 4 rings (SSSR count). The molecule has 0 spiro atoms. The lowest BCUT2D eigenvalue weighted by atomic mass is 9.94. The second kappa shape index (κ2) is 9.05. The Balaban J connectivity index is 1.48. The number of nitriles is 1. The molecule has 0 atom stereocenters. The van der Waals surface area contributed by atoms with Crippen molar-refractivity contribution < 1.29 is 9.53 Å². The van der Waals surface area contributed by atoms with Gasteiger partial charge in [-0.3, -0.25) is 9.78 Å². The maximum Gasteiger partial charge on any atom is 0.227 e. The van der Waals surface area contributed by atoms with Gasteiger partial charge >= 0.3 is 0 Å². The number of amides is 1. The van der Waals surface area contributed by atoms with E-state index in [1.165, 1.54) is 5.56 Å². The standard InChI is InChI=1S/C25H26N4O2/c1-3-17-4-6-20(7-5-17)28-25(30)18-10-12-29(13-11-18)24-19(15-26)16-27-23-14-21(31-2)8-9-22(23)24/h4-9,14,16,18H,3,10-13H2,1-2H3,(H,28,30). The number of hydrogen-bond acceptors (Lipinski definition) is 5. The van der Waals surface area contributed by atoms with Crippen LogP contribution in [0, 0.1) is 17.2 Å². The molecule has 0 unspecified atom stereocenters. The second-order valence-corrected chi connectivity index (χ2v) is 7.82. The number of fused-ring (bicyclic) bond motifs is 1. The summed E-state index contributed by atoms with van der Waals surface area (Å²) < 4.78 is 5.30. The van der Waals surface area contributed by atoms with Crippen molar-refractivity contribution in [1.82, 2.24) is 4.98 Å². The molecule has 2 heterocycles. The number of pyridine rings is 1. The Morgan fingerprint density at radius 1 is 1.23 bits per heavy atom. The lowest BCUT2D eigenvalue weighted by Gasteiger charge is -2.34. The minimum atomic E-state index is -0.0409. The van der Waals surface area contributed by atoms with Crippen LogP contribution in [0.1, 0.15) is 30.9 Å². The van der Waals surface area contributed by atoms with Crippen LogP contribution in [-0.2, 0) is 11.2 Å². The van der Waals surface area contributed by atoms with Gasteiger partial charge in [-0.1, -0.05) is 19.1 Å². The third kappa shape index (κ3) is 4.31. The summed E-state index contributed by atoms with van der Waals surface area (Å²) in [5.41, 5.74) is 4.33. The number of aryl methyl sites for hydroxylation is 1. The first-order valence-corrected chi connectivity index (χ1v) is 10.6. The first kappa shape index (κ1) is 20.7. The van der Waals surface area contributed by atoms with Gasteiger partial charge in [0.05, 0.1) is 23.9 Å². The zero-order chi connectivity index (χ0) is 21.8. The molecule has 2 aromatic carbocycles. The summed E-state index contributed by atoms with van der Waals surface area (Å²) >= 11 is 0. The molecule has 31 heavy (non-hydrogen) atoms. The molecule has 1 saturated heterocycles. The number of aromatic nitrogens is 1. The SMILES string of the molecule is CCc1ccc(NC(=O)C2CCN(c3c(C#N)cnc4cc(OC)ccc34)CC2)cc1. The van der Waals surface area contributed by atoms with E-state index in [1.807, 2.05) is 42.5 Å². The zero-order valence-corrected chi connectivity index (χ0v) is 17.9. The predicted octanol–water partition coefficient (Wildman–Crippen LogP) is 4.53. The van der Waals surface area contributed by atoms with E-state index in [0.717, 1.165) is 47.3 Å². The van der Waals surface area contributed by atoms with Crippen molar-refractivity contribution in [3.05, 3.63) is 59.8 Å². The van der Waals surface area contributed by atoms with Crippen LogP contribution in [0.25, 0.3) is 10.9 Å². The number of anilines is 2. The number of piperidine rings is 1. The number of nitrogens with one attached hydrogen (secondary N) is 1. The van der Waals surface area contributed by atoms with Gasteiger partial charge in [-0.2, -0.15) is 5.26 Å². The summed E-state index contributed by atoms with van der Waals surface area (Å²) in [6.07, 6.45) is 4.08. The first-order chi connectivity index (χ1) is 15.1. The van der Waals surface area contributed by atoms with Crippen LogP contribution in [0.3, 0.4) is 0 Å². The fraction of sp³-hybridized carbons (Fsp3) is 0.320. The number of methoxy groups -OCH3 is 1. The Kier molecular flexibility index (Phi) is 6.03. The van der Waals surface area contributed by atoms with E-state index in [4.69, 9.17) is 4.74 Å². The van der Waals surface area contributed by atoms with E-state index in [1.54, 1.807) is 13.3 Å². The van der Waals surface area contributed by atoms with Crippen LogP contribution in [0.15, 0.2) is 48.7 Å². The van der Waals surface area contributed by atoms with E-state index >= 15 is 0 Å². The van der Waals surface area contributed by atoms with Crippen molar-refractivity contribution in [3.63, 3.8) is 0 Å². The number of rotatable bonds is 5. The maximum absolute atomic E-state index is 12.8. The van der Waals surface area contributed by atoms with E-state index in [2.05, 4.69) is 28.2 Å². The van der Waals surface area contributed by atoms with Gasteiger partial charge in [-0.15, -0.1) is 0 Å². The van der Waals surface area contributed by atoms with Gasteiger partial charge in [0.2, 0.25) is 5.91 Å². The normalized spacial score (nSPS) is 14.3. The van der Waals surface area contributed by atoms with Gasteiger partial charge in [0.15, 0.2) is 0 Å². The Labute approximate surface area is 182 Å². The summed E-state index contributed by atoms with van der Waals surface area (Å²) in [7, 11) is 1.62. The molecule has 3 aromatic rings. The number of carbonyl (C=O) groups excluding carboxylic acids is 1. The minimum Gasteiger partial charge on any atom is -0.497 e. The monoisotopic (exact) mass is 414 g/mol. The minimum absolute atomic E-state index is 0.0409. The van der Waals surface area contributed by atoms with Crippen molar-refractivity contribution in [2.24, 2.45) is 5.92 Å². The molecule has 1 fully saturated rings. The highest BCUT2D eigenvalue weighted by Crippen LogP contribution is 2.34.